The number of aliphatic hydroxyl groups excluding tert-OH is 1. The van der Waals surface area contributed by atoms with Crippen LogP contribution in [0, 0.1) is 11.8 Å². The number of ether oxygens (including phenoxy) is 2. The molecule has 4 aliphatic heterocycles. The molecule has 1 aromatic carbocycles. The number of carbonyl (C=O) groups is 3. The molecule has 214 valence electrons. The van der Waals surface area contributed by atoms with Gasteiger partial charge in [0.05, 0.1) is 36.4 Å². The molecule has 4 saturated heterocycles. The third-order valence-corrected chi connectivity index (χ3v) is 11.4. The van der Waals surface area contributed by atoms with Crippen molar-refractivity contribution in [1.82, 2.24) is 15.1 Å². The van der Waals surface area contributed by atoms with Crippen molar-refractivity contribution in [3.05, 3.63) is 24.3 Å². The number of nitrogens with one attached hydrogen (secondary N) is 2. The molecule has 39 heavy (non-hydrogen) atoms. The quantitative estimate of drug-likeness (QED) is 0.315. The molecule has 1 aromatic rings. The van der Waals surface area contributed by atoms with Gasteiger partial charge in [0, 0.05) is 55.1 Å². The maximum Gasteiger partial charge on any atom is 0.244 e. The minimum Gasteiger partial charge on any atom is -0.494 e. The van der Waals surface area contributed by atoms with Gasteiger partial charge in [-0.3, -0.25) is 19.3 Å². The minimum atomic E-state index is -0.699. The highest BCUT2D eigenvalue weighted by molar-refractivity contribution is 9.09. The summed E-state index contributed by atoms with van der Waals surface area (Å²) in [7, 11) is 0. The summed E-state index contributed by atoms with van der Waals surface area (Å²) < 4.78 is 10.2. The van der Waals surface area contributed by atoms with E-state index in [0.29, 0.717) is 51.4 Å². The van der Waals surface area contributed by atoms with Gasteiger partial charge in [-0.2, -0.15) is 0 Å². The monoisotopic (exact) mass is 624 g/mol. The molecule has 12 heteroatoms. The van der Waals surface area contributed by atoms with Crippen LogP contribution in [0.1, 0.15) is 19.8 Å². The number of anilines is 1. The number of carbonyl (C=O) groups excluding carboxylic acids is 3. The first-order valence-corrected chi connectivity index (χ1v) is 15.5. The van der Waals surface area contributed by atoms with Gasteiger partial charge < -0.3 is 30.1 Å². The molecular formula is C27H37BrN4O6S. The van der Waals surface area contributed by atoms with Crippen molar-refractivity contribution in [2.24, 2.45) is 11.8 Å². The van der Waals surface area contributed by atoms with E-state index in [1.165, 1.54) is 0 Å². The van der Waals surface area contributed by atoms with Gasteiger partial charge in [0.25, 0.3) is 0 Å². The van der Waals surface area contributed by atoms with Gasteiger partial charge in [0.2, 0.25) is 17.7 Å². The lowest BCUT2D eigenvalue weighted by Gasteiger charge is -2.35. The highest BCUT2D eigenvalue weighted by atomic mass is 79.9. The number of hydrogen-bond donors (Lipinski definition) is 3. The number of aliphatic hydroxyl groups is 1. The van der Waals surface area contributed by atoms with Crippen LogP contribution in [0.25, 0.3) is 0 Å². The number of nitrogens with zero attached hydrogens (tertiary/aromatic N) is 2. The van der Waals surface area contributed by atoms with E-state index in [0.717, 1.165) is 18.8 Å². The maximum atomic E-state index is 13.9. The van der Waals surface area contributed by atoms with Crippen LogP contribution in [0.5, 0.6) is 5.75 Å². The largest absolute Gasteiger partial charge is 0.494 e. The van der Waals surface area contributed by atoms with Crippen molar-refractivity contribution in [1.29, 1.82) is 0 Å². The first-order valence-electron chi connectivity index (χ1n) is 13.7. The van der Waals surface area contributed by atoms with Crippen molar-refractivity contribution < 1.29 is 29.0 Å². The lowest BCUT2D eigenvalue weighted by Crippen LogP contribution is -2.55. The van der Waals surface area contributed by atoms with E-state index >= 15 is 0 Å². The molecular weight excluding hydrogens is 588 g/mol. The number of alkyl halides is 1. The molecule has 3 unspecified atom stereocenters. The molecule has 4 fully saturated rings. The van der Waals surface area contributed by atoms with Crippen molar-refractivity contribution >= 4 is 51.1 Å². The summed E-state index contributed by atoms with van der Waals surface area (Å²) in [5.41, 5.74) is 0.636. The maximum absolute atomic E-state index is 13.9. The number of likely N-dealkylation sites (tertiary alicyclic amines) is 1. The summed E-state index contributed by atoms with van der Waals surface area (Å²) in [6, 6.07) is 6.50. The van der Waals surface area contributed by atoms with E-state index in [1.807, 2.05) is 6.92 Å². The molecule has 10 nitrogen and oxygen atoms in total. The van der Waals surface area contributed by atoms with E-state index in [2.05, 4.69) is 31.5 Å². The Bertz CT molecular complexity index is 1060. The highest BCUT2D eigenvalue weighted by Crippen LogP contribution is 2.67. The zero-order valence-electron chi connectivity index (χ0n) is 22.1. The van der Waals surface area contributed by atoms with Crippen LogP contribution in [0.2, 0.25) is 0 Å². The molecule has 4 aliphatic rings. The van der Waals surface area contributed by atoms with Gasteiger partial charge in [-0.15, -0.1) is 11.8 Å². The fraction of sp³-hybridized carbons (Fsp3) is 0.667. The zero-order valence-corrected chi connectivity index (χ0v) is 24.5. The second-order valence-corrected chi connectivity index (χ2v) is 13.2. The molecule has 1 spiro atoms. The Morgan fingerprint density at radius 2 is 1.95 bits per heavy atom. The Morgan fingerprint density at radius 1 is 1.21 bits per heavy atom. The first kappa shape index (κ1) is 28.7. The van der Waals surface area contributed by atoms with Gasteiger partial charge in [0.15, 0.2) is 0 Å². The van der Waals surface area contributed by atoms with Crippen molar-refractivity contribution in [3.63, 3.8) is 0 Å². The molecule has 3 N–H and O–H groups in total. The van der Waals surface area contributed by atoms with Gasteiger partial charge in [-0.1, -0.05) is 15.9 Å². The highest BCUT2D eigenvalue weighted by Gasteiger charge is 2.75. The van der Waals surface area contributed by atoms with Gasteiger partial charge in [-0.05, 0) is 44.0 Å². The Kier molecular flexibility index (Phi) is 9.07. The number of thioether (sulfide) groups is 1. The molecule has 6 atom stereocenters. The Morgan fingerprint density at radius 3 is 2.64 bits per heavy atom. The second-order valence-electron chi connectivity index (χ2n) is 10.5. The lowest BCUT2D eigenvalue weighted by molar-refractivity contribution is -0.139. The number of morpholine rings is 1. The molecule has 0 aliphatic carbocycles. The molecule has 0 aromatic heterocycles. The molecule has 4 heterocycles. The van der Waals surface area contributed by atoms with Crippen molar-refractivity contribution in [3.8, 4) is 5.75 Å². The molecule has 0 saturated carbocycles. The second kappa shape index (κ2) is 12.3. The number of halogens is 1. The van der Waals surface area contributed by atoms with E-state index in [-0.39, 0.29) is 41.0 Å². The van der Waals surface area contributed by atoms with Crippen LogP contribution in [-0.2, 0) is 19.1 Å². The number of amides is 3. The number of fused-ring (bicyclic) bond motifs is 1. The number of hydrogen-bond acceptors (Lipinski definition) is 8. The average molecular weight is 626 g/mol. The number of benzene rings is 1. The van der Waals surface area contributed by atoms with E-state index in [4.69, 9.17) is 9.47 Å². The van der Waals surface area contributed by atoms with Crippen LogP contribution in [0.4, 0.5) is 5.69 Å². The molecule has 5 rings (SSSR count). The van der Waals surface area contributed by atoms with Crippen LogP contribution < -0.4 is 15.4 Å². The minimum absolute atomic E-state index is 0.00377. The van der Waals surface area contributed by atoms with Crippen LogP contribution in [0.15, 0.2) is 24.3 Å². The summed E-state index contributed by atoms with van der Waals surface area (Å²) >= 11 is 5.40. The Labute approximate surface area is 241 Å². The normalized spacial score (nSPS) is 31.8. The standard InChI is InChI=1S/C27H37BrN4O6S/c1-2-38-18-6-4-17(5-7-18)30-24(34)20-21-26(36)32(9-3-13-33)23(27(21)16-19(28)22(20)39-27)25(35)29-8-10-31-11-14-37-15-12-31/h4-7,19-23,33H,2-3,8-16H2,1H3,(H,29,35)(H,30,34)/t19?,20-,21-,22-,23?,27?/m0/s1. The van der Waals surface area contributed by atoms with Gasteiger partial charge in [-0.25, -0.2) is 0 Å². The van der Waals surface area contributed by atoms with Gasteiger partial charge in [0.1, 0.15) is 11.8 Å². The Balaban J connectivity index is 1.34. The predicted molar refractivity (Wildman–Crippen MR) is 152 cm³/mol. The van der Waals surface area contributed by atoms with Crippen LogP contribution in [0.3, 0.4) is 0 Å². The van der Waals surface area contributed by atoms with Gasteiger partial charge >= 0.3 is 0 Å². The Hall–Kier alpha value is -1.86. The fourth-order valence-electron chi connectivity index (χ4n) is 6.50. The summed E-state index contributed by atoms with van der Waals surface area (Å²) in [6.45, 7) is 6.91. The zero-order chi connectivity index (χ0) is 27.6. The summed E-state index contributed by atoms with van der Waals surface area (Å²) in [6.07, 6.45) is 1.00. The number of rotatable bonds is 11. The first-order chi connectivity index (χ1) is 18.9. The average Bonchev–Trinajstić information content (AvgIpc) is 3.52. The van der Waals surface area contributed by atoms with Crippen LogP contribution in [-0.4, -0.2) is 113 Å². The predicted octanol–water partition coefficient (Wildman–Crippen LogP) is 1.32. The third kappa shape index (κ3) is 5.55. The smallest absolute Gasteiger partial charge is 0.244 e. The SMILES string of the molecule is CCOc1ccc(NC(=O)[C@H]2[C@H]3C(=O)N(CCCO)C(C(=O)NCCN4CCOCC4)C34CC(Br)[C@@H]2S4)cc1. The summed E-state index contributed by atoms with van der Waals surface area (Å²) in [4.78, 5) is 45.2. The molecule has 2 bridgehead atoms. The molecule has 0 radical (unpaired) electrons. The van der Waals surface area contributed by atoms with E-state index in [9.17, 15) is 19.5 Å². The van der Waals surface area contributed by atoms with Crippen molar-refractivity contribution in [2.45, 2.75) is 40.6 Å². The lowest BCUT2D eigenvalue weighted by atomic mass is 9.70. The fourth-order valence-corrected chi connectivity index (χ4v) is 10.1. The topological polar surface area (TPSA) is 120 Å². The van der Waals surface area contributed by atoms with Crippen LogP contribution >= 0.6 is 27.7 Å². The summed E-state index contributed by atoms with van der Waals surface area (Å²) in [5.74, 6) is -1.02. The summed E-state index contributed by atoms with van der Waals surface area (Å²) in [5, 5.41) is 15.5. The van der Waals surface area contributed by atoms with Crippen molar-refractivity contribution in [2.75, 3.05) is 64.5 Å². The third-order valence-electron chi connectivity index (χ3n) is 8.16. The van der Waals surface area contributed by atoms with E-state index < -0.39 is 22.6 Å². The van der Waals surface area contributed by atoms with E-state index in [1.54, 1.807) is 40.9 Å². The molecule has 3 amide bonds.